The van der Waals surface area contributed by atoms with E-state index in [1.807, 2.05) is 19.0 Å². The third-order valence-electron chi connectivity index (χ3n) is 11.8. The summed E-state index contributed by atoms with van der Waals surface area (Å²) in [6.45, 7) is 12.2. The minimum Gasteiger partial charge on any atom is -0.465 e. The molecule has 10 nitrogen and oxygen atoms in total. The molecule has 62 heavy (non-hydrogen) atoms. The number of likely N-dealkylation sites (N-methyl/N-ethyl adjacent to an activating group) is 1. The van der Waals surface area contributed by atoms with Crippen LogP contribution in [-0.4, -0.2) is 100 Å². The molecule has 0 saturated carbocycles. The first-order valence-electron chi connectivity index (χ1n) is 26.0. The monoisotopic (exact) mass is 878 g/mol. The summed E-state index contributed by atoms with van der Waals surface area (Å²) in [5.74, 6) is -1.05. The Bertz CT molecular complexity index is 997. The van der Waals surface area contributed by atoms with Crippen LogP contribution in [-0.2, 0) is 33.4 Å². The molecule has 0 heterocycles. The molecule has 0 aliphatic heterocycles. The zero-order valence-corrected chi connectivity index (χ0v) is 41.4. The minimum atomic E-state index is -0.360. The second kappa shape index (κ2) is 45.1. The Balaban J connectivity index is 5.40. The van der Waals surface area contributed by atoms with Crippen LogP contribution in [0.2, 0.25) is 0 Å². The summed E-state index contributed by atoms with van der Waals surface area (Å²) in [6, 6.07) is 0. The van der Waals surface area contributed by atoms with Crippen LogP contribution in [0.3, 0.4) is 0 Å². The van der Waals surface area contributed by atoms with Gasteiger partial charge in [-0.1, -0.05) is 182 Å². The lowest BCUT2D eigenvalue weighted by Gasteiger charge is -2.22. The largest absolute Gasteiger partial charge is 0.465 e. The van der Waals surface area contributed by atoms with Crippen molar-refractivity contribution in [3.63, 3.8) is 0 Å². The van der Waals surface area contributed by atoms with Crippen molar-refractivity contribution in [3.05, 3.63) is 12.2 Å². The first-order chi connectivity index (χ1) is 30.2. The number of nitrogens with zero attached hydrogens (tertiary/aromatic N) is 2. The van der Waals surface area contributed by atoms with Gasteiger partial charge in [0.25, 0.3) is 0 Å². The zero-order chi connectivity index (χ0) is 45.7. The first-order valence-corrected chi connectivity index (χ1v) is 26.0. The fraction of sp³-hybridized carbons (Fsp3) is 0.885. The second-order valence-corrected chi connectivity index (χ2v) is 18.0. The van der Waals surface area contributed by atoms with E-state index in [1.54, 1.807) is 4.90 Å². The number of nitrogens with one attached hydrogen (secondary N) is 1. The first kappa shape index (κ1) is 59.5. The van der Waals surface area contributed by atoms with Gasteiger partial charge in [0.15, 0.2) is 0 Å². The Morgan fingerprint density at radius 1 is 0.452 bits per heavy atom. The van der Waals surface area contributed by atoms with Crippen molar-refractivity contribution in [2.45, 2.75) is 220 Å². The van der Waals surface area contributed by atoms with Crippen molar-refractivity contribution < 1.29 is 33.4 Å². The summed E-state index contributed by atoms with van der Waals surface area (Å²) in [7, 11) is 3.96. The van der Waals surface area contributed by atoms with Gasteiger partial charge in [-0.05, 0) is 52.6 Å². The summed E-state index contributed by atoms with van der Waals surface area (Å²) < 4.78 is 17.3. The van der Waals surface area contributed by atoms with Crippen molar-refractivity contribution in [3.8, 4) is 0 Å². The van der Waals surface area contributed by atoms with Crippen LogP contribution in [0.4, 0.5) is 0 Å². The quantitative estimate of drug-likeness (QED) is 0.0365. The predicted octanol–water partition coefficient (Wildman–Crippen LogP) is 12.2. The number of ether oxygens (including phenoxy) is 3. The SMILES string of the molecule is CCCCCCCCC(CCCCCCCC)C(=O)OCCCN(CCCOC(=O)C(CCCCCCCC)CCCCCCCC)C(=O)C=CC(=O)NCCOCCN(C)C. The summed E-state index contributed by atoms with van der Waals surface area (Å²) >= 11 is 0. The fourth-order valence-corrected chi connectivity index (χ4v) is 7.78. The lowest BCUT2D eigenvalue weighted by Crippen LogP contribution is -2.34. The van der Waals surface area contributed by atoms with E-state index < -0.39 is 0 Å². The third-order valence-corrected chi connectivity index (χ3v) is 11.8. The van der Waals surface area contributed by atoms with Crippen LogP contribution in [0, 0.1) is 11.8 Å². The Labute approximate surface area is 382 Å². The normalized spacial score (nSPS) is 11.6. The van der Waals surface area contributed by atoms with E-state index in [1.165, 1.54) is 115 Å². The van der Waals surface area contributed by atoms with Gasteiger partial charge in [-0.2, -0.15) is 0 Å². The van der Waals surface area contributed by atoms with Gasteiger partial charge in [-0.15, -0.1) is 0 Å². The molecule has 0 aliphatic rings. The molecule has 0 unspecified atom stereocenters. The molecule has 0 aromatic carbocycles. The van der Waals surface area contributed by atoms with Crippen molar-refractivity contribution in [1.29, 1.82) is 0 Å². The van der Waals surface area contributed by atoms with E-state index in [4.69, 9.17) is 14.2 Å². The summed E-state index contributed by atoms with van der Waals surface area (Å²) in [5.41, 5.74) is 0. The Morgan fingerprint density at radius 3 is 1.19 bits per heavy atom. The highest BCUT2D eigenvalue weighted by Crippen LogP contribution is 2.22. The Hall–Kier alpha value is -2.46. The maximum absolute atomic E-state index is 13.5. The molecule has 0 aromatic heterocycles. The van der Waals surface area contributed by atoms with Gasteiger partial charge in [-0.3, -0.25) is 19.2 Å². The molecular formula is C52H99N3O7. The van der Waals surface area contributed by atoms with E-state index in [2.05, 4.69) is 33.0 Å². The minimum absolute atomic E-state index is 0.0782. The lowest BCUT2D eigenvalue weighted by molar-refractivity contribution is -0.150. The molecular weight excluding hydrogens is 779 g/mol. The highest BCUT2D eigenvalue weighted by atomic mass is 16.5. The van der Waals surface area contributed by atoms with Crippen molar-refractivity contribution in [2.24, 2.45) is 11.8 Å². The van der Waals surface area contributed by atoms with E-state index >= 15 is 0 Å². The topological polar surface area (TPSA) is 114 Å². The second-order valence-electron chi connectivity index (χ2n) is 18.0. The van der Waals surface area contributed by atoms with Crippen LogP contribution in [0.5, 0.6) is 0 Å². The number of amides is 2. The molecule has 10 heteroatoms. The molecule has 0 radical (unpaired) electrons. The highest BCUT2D eigenvalue weighted by molar-refractivity contribution is 5.96. The summed E-state index contributed by atoms with van der Waals surface area (Å²) in [4.78, 5) is 56.4. The zero-order valence-electron chi connectivity index (χ0n) is 41.4. The summed E-state index contributed by atoms with van der Waals surface area (Å²) in [6.07, 6.45) is 35.7. The maximum Gasteiger partial charge on any atom is 0.308 e. The predicted molar refractivity (Wildman–Crippen MR) is 258 cm³/mol. The van der Waals surface area contributed by atoms with Gasteiger partial charge in [0.1, 0.15) is 0 Å². The highest BCUT2D eigenvalue weighted by Gasteiger charge is 2.21. The Morgan fingerprint density at radius 2 is 0.823 bits per heavy atom. The van der Waals surface area contributed by atoms with E-state index in [9.17, 15) is 19.2 Å². The molecule has 0 bridgehead atoms. The number of esters is 2. The van der Waals surface area contributed by atoms with Crippen LogP contribution >= 0.6 is 0 Å². The van der Waals surface area contributed by atoms with Crippen molar-refractivity contribution in [1.82, 2.24) is 15.1 Å². The average molecular weight is 878 g/mol. The van der Waals surface area contributed by atoms with Gasteiger partial charge >= 0.3 is 11.9 Å². The molecule has 0 aromatic rings. The number of carbonyl (C=O) groups is 4. The average Bonchev–Trinajstić information content (AvgIpc) is 3.26. The maximum atomic E-state index is 13.5. The fourth-order valence-electron chi connectivity index (χ4n) is 7.78. The van der Waals surface area contributed by atoms with Gasteiger partial charge in [0.2, 0.25) is 11.8 Å². The van der Waals surface area contributed by atoms with Crippen molar-refractivity contribution >= 4 is 23.8 Å². The molecule has 0 rings (SSSR count). The Kier molecular flexibility index (Phi) is 43.3. The third kappa shape index (κ3) is 38.0. The standard InChI is InChI=1S/C52H99N3O7/c1-7-11-15-19-23-27-33-47(34-28-24-20-16-12-8-2)51(58)61-43-31-40-55(50(57)38-37-49(56)53-39-45-60-46-42-54(5)6)41-32-44-62-52(59)48(35-29-25-21-17-13-9-3)36-30-26-22-18-14-10-4/h37-38,47-48H,7-36,39-46H2,1-6H3,(H,53,56). The molecule has 0 fully saturated rings. The number of hydrogen-bond donors (Lipinski definition) is 1. The number of rotatable bonds is 46. The van der Waals surface area contributed by atoms with Gasteiger partial charge < -0.3 is 29.3 Å². The number of hydrogen-bond acceptors (Lipinski definition) is 8. The van der Waals surface area contributed by atoms with Gasteiger partial charge in [0, 0.05) is 38.3 Å². The van der Waals surface area contributed by atoms with Crippen LogP contribution in [0.15, 0.2) is 12.2 Å². The van der Waals surface area contributed by atoms with Crippen LogP contribution < -0.4 is 5.32 Å². The molecule has 364 valence electrons. The molecule has 0 atom stereocenters. The lowest BCUT2D eigenvalue weighted by atomic mass is 9.94. The molecule has 0 aliphatic carbocycles. The summed E-state index contributed by atoms with van der Waals surface area (Å²) in [5, 5.41) is 2.77. The van der Waals surface area contributed by atoms with E-state index in [-0.39, 0.29) is 48.8 Å². The van der Waals surface area contributed by atoms with Crippen LogP contribution in [0.1, 0.15) is 220 Å². The molecule has 0 saturated heterocycles. The van der Waals surface area contributed by atoms with Crippen molar-refractivity contribution in [2.75, 3.05) is 66.7 Å². The smallest absolute Gasteiger partial charge is 0.308 e. The van der Waals surface area contributed by atoms with E-state index in [0.717, 1.165) is 83.6 Å². The van der Waals surface area contributed by atoms with E-state index in [0.29, 0.717) is 45.7 Å². The molecule has 0 spiro atoms. The van der Waals surface area contributed by atoms with Gasteiger partial charge in [-0.25, -0.2) is 0 Å². The molecule has 1 N–H and O–H groups in total. The van der Waals surface area contributed by atoms with Gasteiger partial charge in [0.05, 0.1) is 38.3 Å². The molecule has 2 amide bonds. The van der Waals surface area contributed by atoms with Crippen LogP contribution in [0.25, 0.3) is 0 Å². The number of unbranched alkanes of at least 4 members (excludes halogenated alkanes) is 20. The number of carbonyl (C=O) groups excluding carboxylic acids is 4.